The van der Waals surface area contributed by atoms with E-state index in [4.69, 9.17) is 0 Å². The summed E-state index contributed by atoms with van der Waals surface area (Å²) in [6, 6.07) is 16.0. The molecule has 5 heteroatoms. The van der Waals surface area contributed by atoms with Crippen molar-refractivity contribution < 1.29 is 9.59 Å². The largest absolute Gasteiger partial charge is 0.371 e. The Kier molecular flexibility index (Phi) is 6.12. The molecular formula is C22H27N3O2. The first kappa shape index (κ1) is 19.0. The first-order valence-corrected chi connectivity index (χ1v) is 9.46. The average molecular weight is 365 g/mol. The zero-order chi connectivity index (χ0) is 19.2. The van der Waals surface area contributed by atoms with Crippen molar-refractivity contribution in [1.82, 2.24) is 10.2 Å². The highest BCUT2D eigenvalue weighted by Gasteiger charge is 2.20. The summed E-state index contributed by atoms with van der Waals surface area (Å²) in [7, 11) is 1.66. The molecule has 0 bridgehead atoms. The third kappa shape index (κ3) is 4.88. The van der Waals surface area contributed by atoms with Crippen LogP contribution in [0.15, 0.2) is 48.5 Å². The normalized spacial score (nSPS) is 13.5. The molecule has 0 aliphatic carbocycles. The summed E-state index contributed by atoms with van der Waals surface area (Å²) < 4.78 is 0. The summed E-state index contributed by atoms with van der Waals surface area (Å²) in [6.07, 6.45) is 2.39. The van der Waals surface area contributed by atoms with E-state index in [9.17, 15) is 9.59 Å². The Hall–Kier alpha value is -2.82. The summed E-state index contributed by atoms with van der Waals surface area (Å²) >= 11 is 0. The first-order valence-electron chi connectivity index (χ1n) is 9.46. The molecule has 1 aliphatic rings. The smallest absolute Gasteiger partial charge is 0.311 e. The number of anilines is 1. The fourth-order valence-corrected chi connectivity index (χ4v) is 3.51. The van der Waals surface area contributed by atoms with Crippen LogP contribution in [0.4, 0.5) is 5.69 Å². The van der Waals surface area contributed by atoms with Crippen molar-refractivity contribution in [3.63, 3.8) is 0 Å². The van der Waals surface area contributed by atoms with Gasteiger partial charge < -0.3 is 15.1 Å². The standard InChI is InChI=1S/C22H27N3O2/c1-17-8-7-9-18(14-17)16-24(2)22(27)21(26)23-15-19-10-3-4-11-20(19)25-12-5-6-13-25/h3-4,7-11,14H,5-6,12-13,15-16H2,1-2H3,(H,23,26). The molecule has 0 aromatic heterocycles. The number of hydrogen-bond acceptors (Lipinski definition) is 3. The van der Waals surface area contributed by atoms with Crippen molar-refractivity contribution in [2.45, 2.75) is 32.9 Å². The van der Waals surface area contributed by atoms with Crippen molar-refractivity contribution in [1.29, 1.82) is 0 Å². The lowest BCUT2D eigenvalue weighted by Crippen LogP contribution is -2.40. The van der Waals surface area contributed by atoms with Gasteiger partial charge in [-0.15, -0.1) is 0 Å². The number of hydrogen-bond donors (Lipinski definition) is 1. The molecule has 0 unspecified atom stereocenters. The van der Waals surface area contributed by atoms with Gasteiger partial charge in [0.25, 0.3) is 0 Å². The number of nitrogens with zero attached hydrogens (tertiary/aromatic N) is 2. The zero-order valence-electron chi connectivity index (χ0n) is 16.1. The lowest BCUT2D eigenvalue weighted by atomic mass is 10.1. The van der Waals surface area contributed by atoms with Crippen LogP contribution in [0.3, 0.4) is 0 Å². The lowest BCUT2D eigenvalue weighted by Gasteiger charge is -2.22. The van der Waals surface area contributed by atoms with Crippen molar-refractivity contribution in [2.24, 2.45) is 0 Å². The van der Waals surface area contributed by atoms with Gasteiger partial charge >= 0.3 is 11.8 Å². The van der Waals surface area contributed by atoms with Gasteiger partial charge in [-0.2, -0.15) is 0 Å². The molecule has 1 N–H and O–H groups in total. The Morgan fingerprint density at radius 3 is 2.56 bits per heavy atom. The molecule has 3 rings (SSSR count). The van der Waals surface area contributed by atoms with Gasteiger partial charge in [0.05, 0.1) is 0 Å². The Labute approximate surface area is 161 Å². The maximum absolute atomic E-state index is 12.4. The van der Waals surface area contributed by atoms with Crippen LogP contribution in [0.25, 0.3) is 0 Å². The minimum absolute atomic E-state index is 0.357. The molecule has 2 aromatic rings. The van der Waals surface area contributed by atoms with Crippen LogP contribution in [-0.2, 0) is 22.7 Å². The molecule has 1 aliphatic heterocycles. The molecule has 1 heterocycles. The second kappa shape index (κ2) is 8.71. The monoisotopic (exact) mass is 365 g/mol. The predicted octanol–water partition coefficient (Wildman–Crippen LogP) is 2.87. The van der Waals surface area contributed by atoms with Crippen LogP contribution in [0.1, 0.15) is 29.5 Å². The summed E-state index contributed by atoms with van der Waals surface area (Å²) in [5.41, 5.74) is 4.34. The lowest BCUT2D eigenvalue weighted by molar-refractivity contribution is -0.145. The van der Waals surface area contributed by atoms with Crippen LogP contribution in [0.2, 0.25) is 0 Å². The number of carbonyl (C=O) groups excluding carboxylic acids is 2. The summed E-state index contributed by atoms with van der Waals surface area (Å²) in [5, 5.41) is 2.78. The molecule has 2 amide bonds. The van der Waals surface area contributed by atoms with Crippen LogP contribution < -0.4 is 10.2 Å². The quantitative estimate of drug-likeness (QED) is 0.829. The molecular weight excluding hydrogens is 338 g/mol. The minimum atomic E-state index is -0.568. The van der Waals surface area contributed by atoms with Gasteiger partial charge in [0.15, 0.2) is 0 Å². The second-order valence-electron chi connectivity index (χ2n) is 7.16. The predicted molar refractivity (Wildman–Crippen MR) is 107 cm³/mol. The maximum Gasteiger partial charge on any atom is 0.311 e. The van der Waals surface area contributed by atoms with Gasteiger partial charge in [-0.05, 0) is 37.0 Å². The molecule has 0 radical (unpaired) electrons. The highest BCUT2D eigenvalue weighted by Crippen LogP contribution is 2.24. The fraction of sp³-hybridized carbons (Fsp3) is 0.364. The third-order valence-corrected chi connectivity index (χ3v) is 4.92. The van der Waals surface area contributed by atoms with Crippen LogP contribution in [0, 0.1) is 6.92 Å². The van der Waals surface area contributed by atoms with Crippen LogP contribution >= 0.6 is 0 Å². The number of para-hydroxylation sites is 1. The Bertz CT molecular complexity index is 813. The number of likely N-dealkylation sites (N-methyl/N-ethyl adjacent to an activating group) is 1. The second-order valence-corrected chi connectivity index (χ2v) is 7.16. The van der Waals surface area contributed by atoms with Gasteiger partial charge in [0.2, 0.25) is 0 Å². The Morgan fingerprint density at radius 1 is 1.07 bits per heavy atom. The van der Waals surface area contributed by atoms with Gasteiger partial charge in [-0.3, -0.25) is 9.59 Å². The van der Waals surface area contributed by atoms with Gasteiger partial charge in [-0.1, -0.05) is 48.0 Å². The van der Waals surface area contributed by atoms with E-state index >= 15 is 0 Å². The molecule has 0 saturated carbocycles. The van der Waals surface area contributed by atoms with Crippen LogP contribution in [0.5, 0.6) is 0 Å². The van der Waals surface area contributed by atoms with E-state index in [-0.39, 0.29) is 0 Å². The minimum Gasteiger partial charge on any atom is -0.371 e. The maximum atomic E-state index is 12.4. The molecule has 5 nitrogen and oxygen atoms in total. The average Bonchev–Trinajstić information content (AvgIpc) is 3.20. The highest BCUT2D eigenvalue weighted by molar-refractivity contribution is 6.34. The molecule has 0 spiro atoms. The van der Waals surface area contributed by atoms with Crippen LogP contribution in [-0.4, -0.2) is 36.9 Å². The summed E-state index contributed by atoms with van der Waals surface area (Å²) in [4.78, 5) is 28.5. The summed E-state index contributed by atoms with van der Waals surface area (Å²) in [6.45, 7) is 4.87. The SMILES string of the molecule is Cc1cccc(CN(C)C(=O)C(=O)NCc2ccccc2N2CCCC2)c1. The van der Waals surface area contributed by atoms with Crippen molar-refractivity contribution in [2.75, 3.05) is 25.0 Å². The number of carbonyl (C=O) groups is 2. The van der Waals surface area contributed by atoms with E-state index in [2.05, 4.69) is 16.3 Å². The number of rotatable bonds is 5. The van der Waals surface area contributed by atoms with E-state index in [1.807, 2.05) is 49.4 Å². The third-order valence-electron chi connectivity index (χ3n) is 4.92. The van der Waals surface area contributed by atoms with Crippen molar-refractivity contribution in [3.05, 3.63) is 65.2 Å². The highest BCUT2D eigenvalue weighted by atomic mass is 16.2. The number of aryl methyl sites for hydroxylation is 1. The fourth-order valence-electron chi connectivity index (χ4n) is 3.51. The van der Waals surface area contributed by atoms with Crippen molar-refractivity contribution in [3.8, 4) is 0 Å². The Balaban J connectivity index is 1.58. The molecule has 27 heavy (non-hydrogen) atoms. The Morgan fingerprint density at radius 2 is 1.81 bits per heavy atom. The van der Waals surface area contributed by atoms with Gasteiger partial charge in [0, 0.05) is 38.9 Å². The summed E-state index contributed by atoms with van der Waals surface area (Å²) in [5.74, 6) is -1.09. The van der Waals surface area contributed by atoms with Crippen molar-refractivity contribution >= 4 is 17.5 Å². The van der Waals surface area contributed by atoms with E-state index in [0.29, 0.717) is 13.1 Å². The van der Waals surface area contributed by atoms with Gasteiger partial charge in [0.1, 0.15) is 0 Å². The van der Waals surface area contributed by atoms with E-state index < -0.39 is 11.8 Å². The van der Waals surface area contributed by atoms with E-state index in [0.717, 1.165) is 35.5 Å². The van der Waals surface area contributed by atoms with E-state index in [1.54, 1.807) is 7.05 Å². The molecule has 0 atom stereocenters. The first-order chi connectivity index (χ1) is 13.0. The molecule has 2 aromatic carbocycles. The number of amides is 2. The van der Waals surface area contributed by atoms with Gasteiger partial charge in [-0.25, -0.2) is 0 Å². The molecule has 1 fully saturated rings. The number of nitrogens with one attached hydrogen (secondary N) is 1. The molecule has 142 valence electrons. The zero-order valence-corrected chi connectivity index (χ0v) is 16.1. The topological polar surface area (TPSA) is 52.7 Å². The molecule has 1 saturated heterocycles. The van der Waals surface area contributed by atoms with E-state index in [1.165, 1.54) is 17.7 Å². The number of benzene rings is 2.